The Morgan fingerprint density at radius 2 is 1.61 bits per heavy atom. The van der Waals surface area contributed by atoms with E-state index in [1.165, 1.54) is 12.1 Å². The molecule has 94 valence electrons. The average Bonchev–Trinajstić information content (AvgIpc) is 2.28. The normalized spacial score (nSPS) is 12.3. The number of benzene rings is 2. The van der Waals surface area contributed by atoms with Crippen molar-refractivity contribution in [2.45, 2.75) is 18.9 Å². The van der Waals surface area contributed by atoms with Crippen LogP contribution in [0.3, 0.4) is 0 Å². The summed E-state index contributed by atoms with van der Waals surface area (Å²) in [4.78, 5) is 0. The van der Waals surface area contributed by atoms with Gasteiger partial charge >= 0.3 is 0 Å². The van der Waals surface area contributed by atoms with E-state index in [2.05, 4.69) is 0 Å². The number of nitrogens with two attached hydrogens (primary N) is 1. The molecule has 0 spiro atoms. The van der Waals surface area contributed by atoms with Crippen LogP contribution in [0.5, 0.6) is 5.75 Å². The molecule has 0 radical (unpaired) electrons. The van der Waals surface area contributed by atoms with Crippen LogP contribution in [0.15, 0.2) is 48.5 Å². The summed E-state index contributed by atoms with van der Waals surface area (Å²) in [7, 11) is 0. The minimum Gasteiger partial charge on any atom is -0.508 e. The summed E-state index contributed by atoms with van der Waals surface area (Å²) in [6.45, 7) is 0. The minimum atomic E-state index is -0.239. The standard InChI is InChI=1S/C15H16FNO/c16-13-5-1-3-11(7-13)8-14(17)9-12-4-2-6-15(18)10-12/h1-7,10,14,18H,8-9,17H2. The smallest absolute Gasteiger partial charge is 0.123 e. The molecule has 2 nitrogen and oxygen atoms in total. The molecular formula is C15H16FNO. The molecule has 0 amide bonds. The summed E-state index contributed by atoms with van der Waals surface area (Å²) in [5.74, 6) is 0.00233. The Labute approximate surface area is 106 Å². The van der Waals surface area contributed by atoms with Crippen molar-refractivity contribution in [3.8, 4) is 5.75 Å². The summed E-state index contributed by atoms with van der Waals surface area (Å²) in [5.41, 5.74) is 7.91. The molecule has 3 heteroatoms. The molecule has 0 saturated heterocycles. The summed E-state index contributed by atoms with van der Waals surface area (Å²) < 4.78 is 13.0. The van der Waals surface area contributed by atoms with E-state index in [9.17, 15) is 9.50 Å². The molecule has 0 heterocycles. The van der Waals surface area contributed by atoms with Crippen LogP contribution in [0.4, 0.5) is 4.39 Å². The lowest BCUT2D eigenvalue weighted by Crippen LogP contribution is -2.25. The van der Waals surface area contributed by atoms with Crippen LogP contribution < -0.4 is 5.73 Å². The third-order valence-electron chi connectivity index (χ3n) is 2.80. The summed E-state index contributed by atoms with van der Waals surface area (Å²) in [6.07, 6.45) is 1.28. The fourth-order valence-electron chi connectivity index (χ4n) is 2.03. The van der Waals surface area contributed by atoms with Gasteiger partial charge in [0.1, 0.15) is 11.6 Å². The molecule has 0 aliphatic heterocycles. The molecule has 0 saturated carbocycles. The molecule has 2 rings (SSSR count). The van der Waals surface area contributed by atoms with Crippen LogP contribution in [0.2, 0.25) is 0 Å². The quantitative estimate of drug-likeness (QED) is 0.869. The zero-order valence-electron chi connectivity index (χ0n) is 10.0. The maximum Gasteiger partial charge on any atom is 0.123 e. The van der Waals surface area contributed by atoms with Gasteiger partial charge in [0.15, 0.2) is 0 Å². The number of rotatable bonds is 4. The molecule has 1 atom stereocenters. The number of phenols is 1. The van der Waals surface area contributed by atoms with Gasteiger partial charge in [-0.25, -0.2) is 4.39 Å². The van der Waals surface area contributed by atoms with Gasteiger partial charge in [-0.05, 0) is 48.2 Å². The first kappa shape index (κ1) is 12.6. The first-order chi connectivity index (χ1) is 8.63. The van der Waals surface area contributed by atoms with Crippen molar-refractivity contribution in [2.75, 3.05) is 0 Å². The molecule has 3 N–H and O–H groups in total. The second-order valence-corrected chi connectivity index (χ2v) is 4.47. The van der Waals surface area contributed by atoms with Gasteiger partial charge in [0, 0.05) is 6.04 Å². The average molecular weight is 245 g/mol. The van der Waals surface area contributed by atoms with Crippen molar-refractivity contribution in [1.82, 2.24) is 0 Å². The lowest BCUT2D eigenvalue weighted by Gasteiger charge is -2.12. The van der Waals surface area contributed by atoms with Gasteiger partial charge in [0.05, 0.1) is 0 Å². The SMILES string of the molecule is NC(Cc1cccc(O)c1)Cc1cccc(F)c1. The van der Waals surface area contributed by atoms with Crippen LogP contribution in [-0.4, -0.2) is 11.1 Å². The predicted octanol–water partition coefficient (Wildman–Crippen LogP) is 2.64. The van der Waals surface area contributed by atoms with E-state index in [-0.39, 0.29) is 17.6 Å². The predicted molar refractivity (Wildman–Crippen MR) is 69.9 cm³/mol. The largest absolute Gasteiger partial charge is 0.508 e. The first-order valence-electron chi connectivity index (χ1n) is 5.91. The van der Waals surface area contributed by atoms with Gasteiger partial charge < -0.3 is 10.8 Å². The van der Waals surface area contributed by atoms with E-state index >= 15 is 0 Å². The third kappa shape index (κ3) is 3.57. The lowest BCUT2D eigenvalue weighted by molar-refractivity contribution is 0.474. The molecule has 0 aliphatic rings. The Morgan fingerprint density at radius 3 is 2.22 bits per heavy atom. The zero-order valence-corrected chi connectivity index (χ0v) is 10.0. The molecule has 0 bridgehead atoms. The van der Waals surface area contributed by atoms with E-state index < -0.39 is 0 Å². The van der Waals surface area contributed by atoms with Crippen LogP contribution in [0, 0.1) is 5.82 Å². The number of aromatic hydroxyl groups is 1. The fourth-order valence-corrected chi connectivity index (χ4v) is 2.03. The highest BCUT2D eigenvalue weighted by atomic mass is 19.1. The van der Waals surface area contributed by atoms with E-state index in [0.717, 1.165) is 11.1 Å². The zero-order chi connectivity index (χ0) is 13.0. The van der Waals surface area contributed by atoms with Crippen LogP contribution >= 0.6 is 0 Å². The maximum absolute atomic E-state index is 13.0. The molecule has 1 unspecified atom stereocenters. The van der Waals surface area contributed by atoms with Gasteiger partial charge in [0.2, 0.25) is 0 Å². The summed E-state index contributed by atoms with van der Waals surface area (Å²) in [5, 5.41) is 9.36. The van der Waals surface area contributed by atoms with Crippen LogP contribution in [-0.2, 0) is 12.8 Å². The Balaban J connectivity index is 1.98. The van der Waals surface area contributed by atoms with E-state index in [1.54, 1.807) is 24.3 Å². The van der Waals surface area contributed by atoms with Gasteiger partial charge in [-0.2, -0.15) is 0 Å². The topological polar surface area (TPSA) is 46.2 Å². The highest BCUT2D eigenvalue weighted by Crippen LogP contribution is 2.14. The Kier molecular flexibility index (Phi) is 3.95. The van der Waals surface area contributed by atoms with Crippen molar-refractivity contribution < 1.29 is 9.50 Å². The summed E-state index contributed by atoms with van der Waals surface area (Å²) >= 11 is 0. The minimum absolute atomic E-state index is 0.0893. The van der Waals surface area contributed by atoms with Gasteiger partial charge in [0.25, 0.3) is 0 Å². The first-order valence-corrected chi connectivity index (χ1v) is 5.91. The van der Waals surface area contributed by atoms with Crippen molar-refractivity contribution in [1.29, 1.82) is 0 Å². The monoisotopic (exact) mass is 245 g/mol. The highest BCUT2D eigenvalue weighted by Gasteiger charge is 2.06. The molecule has 0 aromatic heterocycles. The Hall–Kier alpha value is -1.87. The lowest BCUT2D eigenvalue weighted by atomic mass is 9.99. The van der Waals surface area contributed by atoms with Gasteiger partial charge in [-0.15, -0.1) is 0 Å². The molecule has 18 heavy (non-hydrogen) atoms. The van der Waals surface area contributed by atoms with E-state index in [4.69, 9.17) is 5.73 Å². The fraction of sp³-hybridized carbons (Fsp3) is 0.200. The van der Waals surface area contributed by atoms with Crippen molar-refractivity contribution in [2.24, 2.45) is 5.73 Å². The number of phenolic OH excluding ortho intramolecular Hbond substituents is 1. The molecule has 0 aliphatic carbocycles. The van der Waals surface area contributed by atoms with Crippen molar-refractivity contribution >= 4 is 0 Å². The van der Waals surface area contributed by atoms with Gasteiger partial charge in [-0.3, -0.25) is 0 Å². The van der Waals surface area contributed by atoms with E-state index in [1.807, 2.05) is 12.1 Å². The number of hydrogen-bond donors (Lipinski definition) is 2. The number of hydrogen-bond acceptors (Lipinski definition) is 2. The second kappa shape index (κ2) is 5.65. The molecule has 2 aromatic rings. The Bertz CT molecular complexity index is 480. The highest BCUT2D eigenvalue weighted by molar-refractivity contribution is 5.28. The third-order valence-corrected chi connectivity index (χ3v) is 2.80. The second-order valence-electron chi connectivity index (χ2n) is 4.47. The summed E-state index contributed by atoms with van der Waals surface area (Å²) in [6, 6.07) is 13.4. The Morgan fingerprint density at radius 1 is 1.00 bits per heavy atom. The molecular weight excluding hydrogens is 229 g/mol. The molecule has 2 aromatic carbocycles. The number of halogens is 1. The van der Waals surface area contributed by atoms with Gasteiger partial charge in [-0.1, -0.05) is 24.3 Å². The maximum atomic E-state index is 13.0. The van der Waals surface area contributed by atoms with Crippen LogP contribution in [0.1, 0.15) is 11.1 Å². The van der Waals surface area contributed by atoms with Crippen molar-refractivity contribution in [3.05, 3.63) is 65.5 Å². The van der Waals surface area contributed by atoms with Crippen molar-refractivity contribution in [3.63, 3.8) is 0 Å². The molecule has 0 fully saturated rings. The van der Waals surface area contributed by atoms with Crippen LogP contribution in [0.25, 0.3) is 0 Å². The van der Waals surface area contributed by atoms with E-state index in [0.29, 0.717) is 12.8 Å².